The Morgan fingerprint density at radius 2 is 1.70 bits per heavy atom. The molecular weight excluding hydrogens is 543 g/mol. The van der Waals surface area contributed by atoms with Gasteiger partial charge in [0.25, 0.3) is 5.91 Å². The van der Waals surface area contributed by atoms with Crippen LogP contribution in [0.25, 0.3) is 6.08 Å². The Morgan fingerprint density at radius 3 is 2.36 bits per heavy atom. The van der Waals surface area contributed by atoms with Crippen LogP contribution in [0.2, 0.25) is 10.0 Å². The van der Waals surface area contributed by atoms with Crippen LogP contribution in [0, 0.1) is 0 Å². The summed E-state index contributed by atoms with van der Waals surface area (Å²) >= 11 is 16.8. The van der Waals surface area contributed by atoms with E-state index in [0.717, 1.165) is 10.0 Å². The largest absolute Gasteiger partial charge is 0.489 e. The van der Waals surface area contributed by atoms with Crippen molar-refractivity contribution in [2.75, 3.05) is 11.5 Å². The van der Waals surface area contributed by atoms with Crippen LogP contribution in [0.4, 0.5) is 11.4 Å². The maximum Gasteiger partial charge on any atom is 0.271 e. The van der Waals surface area contributed by atoms with Crippen LogP contribution in [0.15, 0.2) is 93.8 Å². The quantitative estimate of drug-likeness (QED) is 0.226. The van der Waals surface area contributed by atoms with Crippen molar-refractivity contribution in [3.05, 3.63) is 104 Å². The Hall–Kier alpha value is -2.51. The van der Waals surface area contributed by atoms with Crippen molar-refractivity contribution in [3.8, 4) is 5.75 Å². The number of amides is 1. The predicted molar refractivity (Wildman–Crippen MR) is 143 cm³/mol. The predicted octanol–water partition coefficient (Wildman–Crippen LogP) is 8.13. The first kappa shape index (κ1) is 23.6. The molecule has 1 saturated heterocycles. The summed E-state index contributed by atoms with van der Waals surface area (Å²) in [6.45, 7) is 4.06. The summed E-state index contributed by atoms with van der Waals surface area (Å²) in [6, 6.07) is 19.8. The van der Waals surface area contributed by atoms with Gasteiger partial charge in [-0.2, -0.15) is 0 Å². The summed E-state index contributed by atoms with van der Waals surface area (Å²) in [6.07, 6.45) is 3.48. The smallest absolute Gasteiger partial charge is 0.271 e. The topological polar surface area (TPSA) is 41.9 Å². The Balaban J connectivity index is 1.77. The molecule has 0 atom stereocenters. The van der Waals surface area contributed by atoms with Gasteiger partial charge in [0.2, 0.25) is 0 Å². The lowest BCUT2D eigenvalue weighted by Crippen LogP contribution is -2.28. The van der Waals surface area contributed by atoms with Gasteiger partial charge in [-0.3, -0.25) is 9.69 Å². The Kier molecular flexibility index (Phi) is 7.60. The van der Waals surface area contributed by atoms with Crippen molar-refractivity contribution in [1.29, 1.82) is 0 Å². The molecule has 0 saturated carbocycles. The summed E-state index contributed by atoms with van der Waals surface area (Å²) in [4.78, 5) is 20.3. The molecule has 1 aliphatic heterocycles. The molecule has 0 aliphatic carbocycles. The highest BCUT2D eigenvalue weighted by Crippen LogP contribution is 2.39. The molecule has 0 unspecified atom stereocenters. The molecule has 1 amide bonds. The molecule has 0 radical (unpaired) electrons. The standard InChI is InChI=1S/C25H17BrCl2N2O2S/c1-2-13-32-22-12-3-17(26)14-16(22)15-23-24(31)30(21-10-6-19(28)7-11-21)25(33-23)29-20-8-4-18(27)5-9-20/h2-12,14-15H,1,13H2/b23-15-,29-25?. The van der Waals surface area contributed by atoms with Crippen LogP contribution < -0.4 is 9.64 Å². The molecule has 33 heavy (non-hydrogen) atoms. The van der Waals surface area contributed by atoms with Crippen molar-refractivity contribution in [2.45, 2.75) is 0 Å². The molecule has 8 heteroatoms. The SMILES string of the molecule is C=CCOc1ccc(Br)cc1/C=C1\SC(=Nc2ccc(Cl)cc2)N(c2ccc(Cl)cc2)C1=O. The van der Waals surface area contributed by atoms with Crippen LogP contribution in [-0.4, -0.2) is 17.7 Å². The second-order valence-electron chi connectivity index (χ2n) is 6.88. The molecule has 0 spiro atoms. The van der Waals surface area contributed by atoms with Crippen molar-refractivity contribution >= 4 is 79.4 Å². The summed E-state index contributed by atoms with van der Waals surface area (Å²) in [5.74, 6) is 0.463. The minimum Gasteiger partial charge on any atom is -0.489 e. The van der Waals surface area contributed by atoms with E-state index in [9.17, 15) is 4.79 Å². The number of anilines is 1. The van der Waals surface area contributed by atoms with E-state index in [-0.39, 0.29) is 5.91 Å². The zero-order chi connectivity index (χ0) is 23.4. The number of carbonyl (C=O) groups is 1. The number of hydrogen-bond donors (Lipinski definition) is 0. The number of ether oxygens (including phenoxy) is 1. The molecule has 3 aromatic rings. The normalized spacial score (nSPS) is 16.0. The number of carbonyl (C=O) groups excluding carboxylic acids is 1. The van der Waals surface area contributed by atoms with Gasteiger partial charge in [0.15, 0.2) is 5.17 Å². The first-order valence-electron chi connectivity index (χ1n) is 9.81. The number of rotatable bonds is 6. The lowest BCUT2D eigenvalue weighted by molar-refractivity contribution is -0.113. The van der Waals surface area contributed by atoms with E-state index in [2.05, 4.69) is 22.5 Å². The molecule has 0 bridgehead atoms. The first-order valence-corrected chi connectivity index (χ1v) is 12.2. The van der Waals surface area contributed by atoms with E-state index in [1.165, 1.54) is 11.8 Å². The zero-order valence-corrected chi connectivity index (χ0v) is 21.1. The van der Waals surface area contributed by atoms with Gasteiger partial charge in [0.1, 0.15) is 12.4 Å². The number of hydrogen-bond acceptors (Lipinski definition) is 4. The maximum absolute atomic E-state index is 13.5. The van der Waals surface area contributed by atoms with Gasteiger partial charge in [0.05, 0.1) is 16.3 Å². The van der Waals surface area contributed by atoms with Crippen LogP contribution >= 0.6 is 50.9 Å². The first-order chi connectivity index (χ1) is 15.9. The molecule has 1 aliphatic rings. The summed E-state index contributed by atoms with van der Waals surface area (Å²) in [5.41, 5.74) is 2.13. The minimum absolute atomic E-state index is 0.190. The van der Waals surface area contributed by atoms with Gasteiger partial charge in [0, 0.05) is 20.1 Å². The van der Waals surface area contributed by atoms with Crippen molar-refractivity contribution in [1.82, 2.24) is 0 Å². The number of nitrogens with zero attached hydrogens (tertiary/aromatic N) is 2. The molecule has 1 heterocycles. The molecule has 4 nitrogen and oxygen atoms in total. The van der Waals surface area contributed by atoms with Crippen molar-refractivity contribution in [3.63, 3.8) is 0 Å². The molecule has 166 valence electrons. The number of halogens is 3. The lowest BCUT2D eigenvalue weighted by Gasteiger charge is -2.15. The van der Waals surface area contributed by atoms with Gasteiger partial charge < -0.3 is 4.74 Å². The summed E-state index contributed by atoms with van der Waals surface area (Å²) in [5, 5.41) is 1.73. The van der Waals surface area contributed by atoms with E-state index in [1.807, 2.05) is 24.3 Å². The van der Waals surface area contributed by atoms with E-state index in [4.69, 9.17) is 32.9 Å². The molecular formula is C25H17BrCl2N2O2S. The summed E-state index contributed by atoms with van der Waals surface area (Å²) in [7, 11) is 0. The van der Waals surface area contributed by atoms with Gasteiger partial charge in [-0.05, 0) is 84.6 Å². The van der Waals surface area contributed by atoms with Gasteiger partial charge in [-0.15, -0.1) is 0 Å². The highest BCUT2D eigenvalue weighted by atomic mass is 79.9. The number of benzene rings is 3. The lowest BCUT2D eigenvalue weighted by atomic mass is 10.2. The van der Waals surface area contributed by atoms with Crippen LogP contribution in [0.1, 0.15) is 5.56 Å². The van der Waals surface area contributed by atoms with E-state index in [1.54, 1.807) is 59.5 Å². The fourth-order valence-electron chi connectivity index (χ4n) is 3.05. The Bertz CT molecular complexity index is 1260. The van der Waals surface area contributed by atoms with Crippen LogP contribution in [-0.2, 0) is 4.79 Å². The highest BCUT2D eigenvalue weighted by molar-refractivity contribution is 9.10. The molecule has 0 aromatic heterocycles. The third-order valence-corrected chi connectivity index (χ3v) is 6.52. The van der Waals surface area contributed by atoms with E-state index < -0.39 is 0 Å². The third-order valence-electron chi connectivity index (χ3n) is 4.56. The molecule has 1 fully saturated rings. The van der Waals surface area contributed by atoms with Crippen LogP contribution in [0.3, 0.4) is 0 Å². The maximum atomic E-state index is 13.5. The average Bonchev–Trinajstić information content (AvgIpc) is 3.10. The van der Waals surface area contributed by atoms with E-state index in [0.29, 0.717) is 43.8 Å². The minimum atomic E-state index is -0.190. The van der Waals surface area contributed by atoms with Crippen molar-refractivity contribution < 1.29 is 9.53 Å². The third kappa shape index (κ3) is 5.71. The molecule has 0 N–H and O–H groups in total. The Labute approximate surface area is 214 Å². The highest BCUT2D eigenvalue weighted by Gasteiger charge is 2.35. The monoisotopic (exact) mass is 558 g/mol. The fourth-order valence-corrected chi connectivity index (χ4v) is 4.67. The molecule has 4 rings (SSSR count). The average molecular weight is 560 g/mol. The number of aliphatic imine (C=N–C) groups is 1. The fraction of sp³-hybridized carbons (Fsp3) is 0.0400. The number of amidine groups is 1. The van der Waals surface area contributed by atoms with E-state index >= 15 is 0 Å². The summed E-state index contributed by atoms with van der Waals surface area (Å²) < 4.78 is 6.65. The Morgan fingerprint density at radius 1 is 1.03 bits per heavy atom. The van der Waals surface area contributed by atoms with Crippen molar-refractivity contribution in [2.24, 2.45) is 4.99 Å². The van der Waals surface area contributed by atoms with Gasteiger partial charge in [-0.25, -0.2) is 4.99 Å². The second kappa shape index (κ2) is 10.6. The zero-order valence-electron chi connectivity index (χ0n) is 17.2. The molecule has 3 aromatic carbocycles. The second-order valence-corrected chi connectivity index (χ2v) is 9.68. The van der Waals surface area contributed by atoms with Crippen LogP contribution in [0.5, 0.6) is 5.75 Å². The van der Waals surface area contributed by atoms with Gasteiger partial charge in [-0.1, -0.05) is 51.8 Å². The van der Waals surface area contributed by atoms with Gasteiger partial charge >= 0.3 is 0 Å². The number of thioether (sulfide) groups is 1.